The van der Waals surface area contributed by atoms with Gasteiger partial charge in [-0.3, -0.25) is 19.4 Å². The molecule has 1 fully saturated rings. The van der Waals surface area contributed by atoms with Gasteiger partial charge in [0.25, 0.3) is 5.91 Å². The van der Waals surface area contributed by atoms with E-state index in [1.807, 2.05) is 84.9 Å². The molecule has 0 aliphatic carbocycles. The first-order valence-corrected chi connectivity index (χ1v) is 12.7. The molecule has 7 heteroatoms. The Morgan fingerprint density at radius 3 is 2.12 bits per heavy atom. The van der Waals surface area contributed by atoms with Crippen LogP contribution < -0.4 is 4.90 Å². The molecule has 2 aliphatic heterocycles. The van der Waals surface area contributed by atoms with E-state index in [9.17, 15) is 9.59 Å². The minimum absolute atomic E-state index is 0.0143. The van der Waals surface area contributed by atoms with Crippen LogP contribution in [0.1, 0.15) is 18.4 Å². The minimum Gasteiger partial charge on any atom is -0.293 e. The number of fused-ring (bicyclic) bond motifs is 2. The van der Waals surface area contributed by atoms with Gasteiger partial charge in [-0.2, -0.15) is 0 Å². The molecule has 3 aromatic rings. The van der Waals surface area contributed by atoms with Crippen molar-refractivity contribution >= 4 is 69.3 Å². The van der Waals surface area contributed by atoms with Gasteiger partial charge in [0.2, 0.25) is 5.91 Å². The summed E-state index contributed by atoms with van der Waals surface area (Å²) in [5, 5.41) is 0. The number of rotatable bonds is 5. The molecule has 0 aromatic heterocycles. The molecule has 3 aromatic carbocycles. The van der Waals surface area contributed by atoms with E-state index >= 15 is 0 Å². The van der Waals surface area contributed by atoms with E-state index in [-0.39, 0.29) is 11.8 Å². The number of anilines is 2. The summed E-state index contributed by atoms with van der Waals surface area (Å²) in [6.07, 6.45) is 2.73. The standard InChI is InChI=1S/C26H20N2O2S3/c29-24(28-19-11-4-6-13-21(19)32-22-14-7-5-12-20(22)28)15-8-16-27-25(30)23(33-26(27)31)17-18-9-2-1-3-10-18/h1-7,9-14,17H,8,15-16H2. The normalized spacial score (nSPS) is 16.2. The topological polar surface area (TPSA) is 40.6 Å². The van der Waals surface area contributed by atoms with Crippen LogP contribution in [0.15, 0.2) is 93.6 Å². The third-order valence-corrected chi connectivity index (χ3v) is 7.93. The second-order valence-corrected chi connectivity index (χ2v) is 10.4. The van der Waals surface area contributed by atoms with Crippen molar-refractivity contribution in [3.63, 3.8) is 0 Å². The van der Waals surface area contributed by atoms with E-state index in [1.54, 1.807) is 21.6 Å². The van der Waals surface area contributed by atoms with Gasteiger partial charge in [-0.05, 0) is 42.3 Å². The lowest BCUT2D eigenvalue weighted by Crippen LogP contribution is -2.32. The first-order valence-electron chi connectivity index (χ1n) is 10.6. The molecule has 0 bridgehead atoms. The summed E-state index contributed by atoms with van der Waals surface area (Å²) in [7, 11) is 0. The summed E-state index contributed by atoms with van der Waals surface area (Å²) < 4.78 is 0.541. The Labute approximate surface area is 206 Å². The molecule has 0 spiro atoms. The molecule has 2 aliphatic rings. The predicted molar refractivity (Wildman–Crippen MR) is 140 cm³/mol. The molecule has 5 rings (SSSR count). The molecular formula is C26H20N2O2S3. The lowest BCUT2D eigenvalue weighted by atomic mass is 10.1. The highest BCUT2D eigenvalue weighted by Crippen LogP contribution is 2.48. The van der Waals surface area contributed by atoms with Gasteiger partial charge in [-0.1, -0.05) is 90.3 Å². The summed E-state index contributed by atoms with van der Waals surface area (Å²) in [5.74, 6) is -0.0770. The quantitative estimate of drug-likeness (QED) is 0.303. The van der Waals surface area contributed by atoms with E-state index in [0.717, 1.165) is 26.7 Å². The van der Waals surface area contributed by atoms with E-state index < -0.39 is 0 Å². The molecule has 0 N–H and O–H groups in total. The number of carbonyl (C=O) groups excluding carboxylic acids is 2. The molecule has 0 saturated carbocycles. The molecule has 33 heavy (non-hydrogen) atoms. The van der Waals surface area contributed by atoms with Crippen LogP contribution in [0.2, 0.25) is 0 Å². The summed E-state index contributed by atoms with van der Waals surface area (Å²) in [5.41, 5.74) is 2.78. The average Bonchev–Trinajstić information content (AvgIpc) is 3.10. The first kappa shape index (κ1) is 21.9. The zero-order valence-electron chi connectivity index (χ0n) is 17.6. The lowest BCUT2D eigenvalue weighted by Gasteiger charge is -2.31. The van der Waals surface area contributed by atoms with Crippen LogP contribution in [-0.4, -0.2) is 27.6 Å². The maximum Gasteiger partial charge on any atom is 0.266 e. The van der Waals surface area contributed by atoms with E-state index in [2.05, 4.69) is 0 Å². The van der Waals surface area contributed by atoms with Crippen molar-refractivity contribution < 1.29 is 9.59 Å². The van der Waals surface area contributed by atoms with Crippen LogP contribution in [0.3, 0.4) is 0 Å². The number of para-hydroxylation sites is 2. The summed E-state index contributed by atoms with van der Waals surface area (Å²) in [4.78, 5) is 32.4. The zero-order chi connectivity index (χ0) is 22.8. The van der Waals surface area contributed by atoms with Crippen molar-refractivity contribution in [3.05, 3.63) is 89.3 Å². The molecule has 2 amide bonds. The van der Waals surface area contributed by atoms with Crippen LogP contribution in [-0.2, 0) is 9.59 Å². The Kier molecular flexibility index (Phi) is 6.35. The SMILES string of the molecule is O=C1C(=Cc2ccccc2)SC(=S)N1CCCC(=O)N1c2ccccc2Sc2ccccc21. The predicted octanol–water partition coefficient (Wildman–Crippen LogP) is 6.50. The van der Waals surface area contributed by atoms with Crippen LogP contribution in [0.4, 0.5) is 11.4 Å². The summed E-state index contributed by atoms with van der Waals surface area (Å²) in [6, 6.07) is 25.6. The second kappa shape index (κ2) is 9.55. The Morgan fingerprint density at radius 1 is 0.848 bits per heavy atom. The van der Waals surface area contributed by atoms with Crippen molar-refractivity contribution in [2.75, 3.05) is 11.4 Å². The minimum atomic E-state index is -0.0913. The van der Waals surface area contributed by atoms with Crippen molar-refractivity contribution in [2.45, 2.75) is 22.6 Å². The molecule has 0 atom stereocenters. The van der Waals surface area contributed by atoms with Gasteiger partial charge in [-0.15, -0.1) is 0 Å². The van der Waals surface area contributed by atoms with Crippen molar-refractivity contribution in [1.29, 1.82) is 0 Å². The first-order chi connectivity index (χ1) is 16.1. The zero-order valence-corrected chi connectivity index (χ0v) is 20.1. The number of benzene rings is 3. The maximum atomic E-state index is 13.3. The Bertz CT molecular complexity index is 1230. The van der Waals surface area contributed by atoms with Crippen LogP contribution in [0.5, 0.6) is 0 Å². The fourth-order valence-electron chi connectivity index (χ4n) is 3.87. The number of nitrogens with zero attached hydrogens (tertiary/aromatic N) is 2. The van der Waals surface area contributed by atoms with Crippen LogP contribution in [0.25, 0.3) is 6.08 Å². The fourth-order valence-corrected chi connectivity index (χ4v) is 6.23. The maximum absolute atomic E-state index is 13.3. The van der Waals surface area contributed by atoms with E-state index in [4.69, 9.17) is 12.2 Å². The van der Waals surface area contributed by atoms with Crippen molar-refractivity contribution in [3.8, 4) is 0 Å². The third kappa shape index (κ3) is 4.49. The van der Waals surface area contributed by atoms with Crippen molar-refractivity contribution in [1.82, 2.24) is 4.90 Å². The number of amides is 2. The van der Waals surface area contributed by atoms with Gasteiger partial charge in [0, 0.05) is 22.8 Å². The molecule has 4 nitrogen and oxygen atoms in total. The number of thioether (sulfide) groups is 1. The third-order valence-electron chi connectivity index (χ3n) is 5.42. The monoisotopic (exact) mass is 488 g/mol. The Morgan fingerprint density at radius 2 is 1.45 bits per heavy atom. The highest BCUT2D eigenvalue weighted by atomic mass is 32.2. The molecule has 0 unspecified atom stereocenters. The summed E-state index contributed by atoms with van der Waals surface area (Å²) in [6.45, 7) is 0.425. The van der Waals surface area contributed by atoms with Gasteiger partial charge in [0.15, 0.2) is 0 Å². The van der Waals surface area contributed by atoms with Gasteiger partial charge in [0.05, 0.1) is 16.3 Å². The van der Waals surface area contributed by atoms with E-state index in [1.165, 1.54) is 11.8 Å². The molecule has 2 heterocycles. The summed E-state index contributed by atoms with van der Waals surface area (Å²) >= 11 is 8.44. The highest BCUT2D eigenvalue weighted by molar-refractivity contribution is 8.26. The molecular weight excluding hydrogens is 468 g/mol. The number of hydrogen-bond donors (Lipinski definition) is 0. The largest absolute Gasteiger partial charge is 0.293 e. The highest BCUT2D eigenvalue weighted by Gasteiger charge is 2.32. The molecule has 0 radical (unpaired) electrons. The van der Waals surface area contributed by atoms with Gasteiger partial charge < -0.3 is 0 Å². The van der Waals surface area contributed by atoms with Crippen LogP contribution >= 0.6 is 35.7 Å². The number of carbonyl (C=O) groups is 2. The number of hydrogen-bond acceptors (Lipinski definition) is 5. The Balaban J connectivity index is 1.28. The second-order valence-electron chi connectivity index (χ2n) is 7.61. The van der Waals surface area contributed by atoms with Crippen molar-refractivity contribution in [2.24, 2.45) is 0 Å². The smallest absolute Gasteiger partial charge is 0.266 e. The number of thiocarbonyl (C=S) groups is 1. The van der Waals surface area contributed by atoms with Gasteiger partial charge in [0.1, 0.15) is 4.32 Å². The van der Waals surface area contributed by atoms with Crippen LogP contribution in [0, 0.1) is 0 Å². The van der Waals surface area contributed by atoms with Gasteiger partial charge in [-0.25, -0.2) is 0 Å². The lowest BCUT2D eigenvalue weighted by molar-refractivity contribution is -0.123. The molecule has 164 valence electrons. The van der Waals surface area contributed by atoms with Gasteiger partial charge >= 0.3 is 0 Å². The fraction of sp³-hybridized carbons (Fsp3) is 0.115. The Hall–Kier alpha value is -2.87. The molecule has 1 saturated heterocycles. The van der Waals surface area contributed by atoms with E-state index in [0.29, 0.717) is 28.6 Å². The average molecular weight is 489 g/mol.